The molecule has 0 radical (unpaired) electrons. The molecule has 3 heteroatoms. The summed E-state index contributed by atoms with van der Waals surface area (Å²) in [6.07, 6.45) is 7.88. The van der Waals surface area contributed by atoms with Crippen LogP contribution in [0.2, 0.25) is 0 Å². The summed E-state index contributed by atoms with van der Waals surface area (Å²) in [6.45, 7) is 1.49. The van der Waals surface area contributed by atoms with Gasteiger partial charge >= 0.3 is 0 Å². The van der Waals surface area contributed by atoms with Gasteiger partial charge < -0.3 is 13.9 Å². The molecule has 1 aromatic rings. The molecular formula is C13H16O3. The topological polar surface area (TPSA) is 31.6 Å². The lowest BCUT2D eigenvalue weighted by Gasteiger charge is -2.32. The third-order valence-corrected chi connectivity index (χ3v) is 3.36. The van der Waals surface area contributed by atoms with Gasteiger partial charge in [-0.25, -0.2) is 0 Å². The van der Waals surface area contributed by atoms with Gasteiger partial charge in [-0.3, -0.25) is 0 Å². The van der Waals surface area contributed by atoms with Gasteiger partial charge in [-0.15, -0.1) is 0 Å². The fraction of sp³-hybridized carbons (Fsp3) is 0.538. The largest absolute Gasteiger partial charge is 0.465 e. The molecule has 0 aromatic carbocycles. The van der Waals surface area contributed by atoms with Gasteiger partial charge in [-0.05, 0) is 31.1 Å². The van der Waals surface area contributed by atoms with E-state index in [4.69, 9.17) is 13.9 Å². The standard InChI is InChI=1S/C13H16O3/c1-2-12(14-7-1)10-11-3-5-13(6-4-11)15-8-9-16-13/h1-2,7,10H,3-6,8-9H2. The highest BCUT2D eigenvalue weighted by Crippen LogP contribution is 2.38. The first kappa shape index (κ1) is 10.1. The molecule has 1 spiro atoms. The highest BCUT2D eigenvalue weighted by atomic mass is 16.7. The van der Waals surface area contributed by atoms with E-state index in [9.17, 15) is 0 Å². The van der Waals surface area contributed by atoms with Crippen LogP contribution in [0.5, 0.6) is 0 Å². The molecule has 0 unspecified atom stereocenters. The summed E-state index contributed by atoms with van der Waals surface area (Å²) in [6, 6.07) is 3.90. The van der Waals surface area contributed by atoms with E-state index in [1.54, 1.807) is 6.26 Å². The number of ether oxygens (including phenoxy) is 2. The molecule has 1 aromatic heterocycles. The van der Waals surface area contributed by atoms with Crippen molar-refractivity contribution in [3.63, 3.8) is 0 Å². The molecule has 86 valence electrons. The maximum absolute atomic E-state index is 5.69. The van der Waals surface area contributed by atoms with Crippen LogP contribution >= 0.6 is 0 Å². The SMILES string of the molecule is C(=C1CCC2(CC1)OCCO2)c1ccco1. The fourth-order valence-corrected chi connectivity index (χ4v) is 2.46. The van der Waals surface area contributed by atoms with E-state index in [2.05, 4.69) is 6.08 Å². The van der Waals surface area contributed by atoms with Crippen molar-refractivity contribution in [3.8, 4) is 0 Å². The van der Waals surface area contributed by atoms with Gasteiger partial charge in [0.2, 0.25) is 0 Å². The van der Waals surface area contributed by atoms with Crippen LogP contribution in [0, 0.1) is 0 Å². The van der Waals surface area contributed by atoms with Crippen LogP contribution in [0.1, 0.15) is 31.4 Å². The number of hydrogen-bond acceptors (Lipinski definition) is 3. The van der Waals surface area contributed by atoms with Gasteiger partial charge in [0.1, 0.15) is 5.76 Å². The molecule has 1 saturated carbocycles. The summed E-state index contributed by atoms with van der Waals surface area (Å²) in [5.41, 5.74) is 1.43. The van der Waals surface area contributed by atoms with E-state index in [0.29, 0.717) is 0 Å². The number of hydrogen-bond donors (Lipinski definition) is 0. The Morgan fingerprint density at radius 3 is 2.50 bits per heavy atom. The van der Waals surface area contributed by atoms with E-state index < -0.39 is 0 Å². The van der Waals surface area contributed by atoms with Crippen LogP contribution in [0.25, 0.3) is 6.08 Å². The molecular weight excluding hydrogens is 204 g/mol. The minimum absolute atomic E-state index is 0.263. The second-order valence-corrected chi connectivity index (χ2v) is 4.43. The maximum Gasteiger partial charge on any atom is 0.169 e. The van der Waals surface area contributed by atoms with Gasteiger partial charge in [0.05, 0.1) is 19.5 Å². The highest BCUT2D eigenvalue weighted by molar-refractivity contribution is 5.47. The van der Waals surface area contributed by atoms with E-state index in [1.165, 1.54) is 5.57 Å². The Kier molecular flexibility index (Phi) is 2.58. The molecule has 2 aliphatic rings. The fourth-order valence-electron chi connectivity index (χ4n) is 2.46. The summed E-state index contributed by atoms with van der Waals surface area (Å²) in [7, 11) is 0. The molecule has 0 bridgehead atoms. The summed E-state index contributed by atoms with van der Waals surface area (Å²) < 4.78 is 16.7. The first-order valence-electron chi connectivity index (χ1n) is 5.87. The molecule has 2 heterocycles. The molecule has 2 fully saturated rings. The average molecular weight is 220 g/mol. The first-order valence-corrected chi connectivity index (χ1v) is 5.87. The molecule has 1 saturated heterocycles. The summed E-state index contributed by atoms with van der Waals surface area (Å²) in [5, 5.41) is 0. The number of allylic oxidation sites excluding steroid dienone is 1. The number of rotatable bonds is 1. The van der Waals surface area contributed by atoms with Crippen molar-refractivity contribution < 1.29 is 13.9 Å². The van der Waals surface area contributed by atoms with Crippen LogP contribution in [0.4, 0.5) is 0 Å². The third kappa shape index (κ3) is 1.93. The Labute approximate surface area is 95.0 Å². The van der Waals surface area contributed by atoms with Crippen molar-refractivity contribution in [3.05, 3.63) is 29.7 Å². The summed E-state index contributed by atoms with van der Waals surface area (Å²) >= 11 is 0. The lowest BCUT2D eigenvalue weighted by atomic mass is 9.89. The van der Waals surface area contributed by atoms with Crippen LogP contribution in [0.3, 0.4) is 0 Å². The zero-order chi connectivity index (χ0) is 10.8. The second-order valence-electron chi connectivity index (χ2n) is 4.43. The van der Waals surface area contributed by atoms with Gasteiger partial charge in [-0.2, -0.15) is 0 Å². The Bertz CT molecular complexity index is 360. The zero-order valence-electron chi connectivity index (χ0n) is 9.28. The predicted octanol–water partition coefficient (Wildman–Crippen LogP) is 2.98. The van der Waals surface area contributed by atoms with Gasteiger partial charge in [-0.1, -0.05) is 5.57 Å². The summed E-state index contributed by atoms with van der Waals surface area (Å²) in [5.74, 6) is 0.680. The summed E-state index contributed by atoms with van der Waals surface area (Å²) in [4.78, 5) is 0. The monoisotopic (exact) mass is 220 g/mol. The van der Waals surface area contributed by atoms with Crippen molar-refractivity contribution in [2.75, 3.05) is 13.2 Å². The number of furan rings is 1. The van der Waals surface area contributed by atoms with Crippen LogP contribution in [0.15, 0.2) is 28.4 Å². The minimum atomic E-state index is -0.263. The Hall–Kier alpha value is -1.06. The molecule has 16 heavy (non-hydrogen) atoms. The maximum atomic E-state index is 5.69. The van der Waals surface area contributed by atoms with E-state index >= 15 is 0 Å². The van der Waals surface area contributed by atoms with E-state index in [-0.39, 0.29) is 5.79 Å². The van der Waals surface area contributed by atoms with E-state index in [1.807, 2.05) is 12.1 Å². The molecule has 0 amide bonds. The molecule has 1 aliphatic heterocycles. The minimum Gasteiger partial charge on any atom is -0.465 e. The molecule has 0 atom stereocenters. The lowest BCUT2D eigenvalue weighted by molar-refractivity contribution is -0.171. The molecule has 0 N–H and O–H groups in total. The third-order valence-electron chi connectivity index (χ3n) is 3.36. The molecule has 3 nitrogen and oxygen atoms in total. The Balaban J connectivity index is 1.66. The lowest BCUT2D eigenvalue weighted by Crippen LogP contribution is -2.33. The van der Waals surface area contributed by atoms with Gasteiger partial charge in [0, 0.05) is 12.8 Å². The second kappa shape index (κ2) is 4.07. The van der Waals surface area contributed by atoms with Crippen molar-refractivity contribution in [1.82, 2.24) is 0 Å². The van der Waals surface area contributed by atoms with Crippen LogP contribution in [-0.2, 0) is 9.47 Å². The van der Waals surface area contributed by atoms with Crippen molar-refractivity contribution >= 4 is 6.08 Å². The smallest absolute Gasteiger partial charge is 0.169 e. The normalized spacial score (nSPS) is 23.9. The van der Waals surface area contributed by atoms with E-state index in [0.717, 1.165) is 44.7 Å². The Morgan fingerprint density at radius 1 is 1.12 bits per heavy atom. The predicted molar refractivity (Wildman–Crippen MR) is 59.8 cm³/mol. The average Bonchev–Trinajstić information content (AvgIpc) is 2.94. The first-order chi connectivity index (χ1) is 7.86. The van der Waals surface area contributed by atoms with Crippen molar-refractivity contribution in [1.29, 1.82) is 0 Å². The Morgan fingerprint density at radius 2 is 1.88 bits per heavy atom. The van der Waals surface area contributed by atoms with Gasteiger partial charge in [0.25, 0.3) is 0 Å². The highest BCUT2D eigenvalue weighted by Gasteiger charge is 2.38. The van der Waals surface area contributed by atoms with Gasteiger partial charge in [0.15, 0.2) is 5.79 Å². The quantitative estimate of drug-likeness (QED) is 0.729. The van der Waals surface area contributed by atoms with Crippen LogP contribution in [-0.4, -0.2) is 19.0 Å². The molecule has 1 aliphatic carbocycles. The molecule has 3 rings (SSSR count). The zero-order valence-corrected chi connectivity index (χ0v) is 9.28. The van der Waals surface area contributed by atoms with Crippen molar-refractivity contribution in [2.45, 2.75) is 31.5 Å². The van der Waals surface area contributed by atoms with Crippen molar-refractivity contribution in [2.24, 2.45) is 0 Å². The van der Waals surface area contributed by atoms with Crippen LogP contribution < -0.4 is 0 Å².